The van der Waals surface area contributed by atoms with Crippen LogP contribution >= 0.6 is 23.2 Å². The van der Waals surface area contributed by atoms with Crippen molar-refractivity contribution < 1.29 is 4.42 Å². The molecule has 0 radical (unpaired) electrons. The van der Waals surface area contributed by atoms with Crippen LogP contribution in [0.5, 0.6) is 0 Å². The first-order chi connectivity index (χ1) is 8.83. The molecule has 1 aromatic heterocycles. The van der Waals surface area contributed by atoms with Gasteiger partial charge in [0.05, 0.1) is 12.7 Å². The third-order valence-corrected chi connectivity index (χ3v) is 2.91. The molecule has 3 nitrogen and oxygen atoms in total. The van der Waals surface area contributed by atoms with E-state index in [1.54, 1.807) is 24.4 Å². The Morgan fingerprint density at radius 2 is 1.79 bits per heavy atom. The summed E-state index contributed by atoms with van der Waals surface area (Å²) in [6.45, 7) is 6.85. The Labute approximate surface area is 122 Å². The fourth-order valence-corrected chi connectivity index (χ4v) is 2.09. The Balaban J connectivity index is 2.16. The Bertz CT molecular complexity index is 553. The molecule has 19 heavy (non-hydrogen) atoms. The van der Waals surface area contributed by atoms with Crippen molar-refractivity contribution >= 4 is 23.2 Å². The lowest BCUT2D eigenvalue weighted by Gasteiger charge is -2.18. The number of oxazole rings is 1. The Kier molecular flexibility index (Phi) is 4.19. The molecule has 0 saturated heterocycles. The summed E-state index contributed by atoms with van der Waals surface area (Å²) in [5.41, 5.74) is 0.848. The van der Waals surface area contributed by atoms with Crippen LogP contribution in [0.1, 0.15) is 26.7 Å². The van der Waals surface area contributed by atoms with Gasteiger partial charge in [-0.1, -0.05) is 23.2 Å². The lowest BCUT2D eigenvalue weighted by atomic mass is 10.1. The molecule has 2 aromatic rings. The molecule has 0 saturated carbocycles. The van der Waals surface area contributed by atoms with Crippen LogP contribution in [0.3, 0.4) is 0 Å². The van der Waals surface area contributed by atoms with E-state index in [1.807, 2.05) is 0 Å². The Morgan fingerprint density at radius 3 is 2.37 bits per heavy atom. The minimum atomic E-state index is 0.0218. The molecule has 1 aromatic carbocycles. The SMILES string of the molecule is CC(C)(C)NCc1ncc(-c2cc(Cl)cc(Cl)c2)o1. The summed E-state index contributed by atoms with van der Waals surface area (Å²) in [5.74, 6) is 1.30. The second-order valence-electron chi connectivity index (χ2n) is 5.38. The molecule has 2 rings (SSSR count). The average Bonchev–Trinajstić information content (AvgIpc) is 2.72. The molecule has 0 aliphatic rings. The third kappa shape index (κ3) is 4.23. The molecule has 0 fully saturated rings. The van der Waals surface area contributed by atoms with Crippen molar-refractivity contribution in [2.45, 2.75) is 32.9 Å². The predicted molar refractivity (Wildman–Crippen MR) is 78.6 cm³/mol. The molecule has 1 N–H and O–H groups in total. The second-order valence-corrected chi connectivity index (χ2v) is 6.25. The van der Waals surface area contributed by atoms with Crippen molar-refractivity contribution in [1.29, 1.82) is 0 Å². The average molecular weight is 299 g/mol. The van der Waals surface area contributed by atoms with E-state index in [4.69, 9.17) is 27.6 Å². The van der Waals surface area contributed by atoms with Crippen LogP contribution in [0.2, 0.25) is 10.0 Å². The van der Waals surface area contributed by atoms with Gasteiger partial charge in [-0.05, 0) is 39.0 Å². The summed E-state index contributed by atoms with van der Waals surface area (Å²) in [6.07, 6.45) is 1.68. The maximum atomic E-state index is 5.97. The standard InChI is InChI=1S/C14H16Cl2N2O/c1-14(2,3)18-8-13-17-7-12(19-13)9-4-10(15)6-11(16)5-9/h4-7,18H,8H2,1-3H3. The molecule has 102 valence electrons. The van der Waals surface area contributed by atoms with Crippen LogP contribution < -0.4 is 5.32 Å². The van der Waals surface area contributed by atoms with Crippen LogP contribution in [0.4, 0.5) is 0 Å². The van der Waals surface area contributed by atoms with Gasteiger partial charge in [0.2, 0.25) is 5.89 Å². The quantitative estimate of drug-likeness (QED) is 0.904. The van der Waals surface area contributed by atoms with Crippen molar-refractivity contribution in [3.05, 3.63) is 40.3 Å². The first kappa shape index (κ1) is 14.4. The first-order valence-corrected chi connectivity index (χ1v) is 6.75. The van der Waals surface area contributed by atoms with Gasteiger partial charge in [0.1, 0.15) is 0 Å². The van der Waals surface area contributed by atoms with Crippen molar-refractivity contribution in [1.82, 2.24) is 10.3 Å². The van der Waals surface area contributed by atoms with E-state index in [9.17, 15) is 0 Å². The van der Waals surface area contributed by atoms with Gasteiger partial charge in [-0.25, -0.2) is 4.98 Å². The van der Waals surface area contributed by atoms with Gasteiger partial charge in [-0.3, -0.25) is 0 Å². The topological polar surface area (TPSA) is 38.1 Å². The number of halogens is 2. The molecule has 0 bridgehead atoms. The van der Waals surface area contributed by atoms with Gasteiger partial charge in [0.15, 0.2) is 5.76 Å². The highest BCUT2D eigenvalue weighted by atomic mass is 35.5. The number of hydrogen-bond acceptors (Lipinski definition) is 3. The molecule has 0 spiro atoms. The summed E-state index contributed by atoms with van der Waals surface area (Å²) < 4.78 is 5.68. The second kappa shape index (κ2) is 5.53. The lowest BCUT2D eigenvalue weighted by molar-refractivity contribution is 0.383. The van der Waals surface area contributed by atoms with E-state index in [-0.39, 0.29) is 5.54 Å². The summed E-state index contributed by atoms with van der Waals surface area (Å²) >= 11 is 11.9. The highest BCUT2D eigenvalue weighted by Crippen LogP contribution is 2.27. The molecular weight excluding hydrogens is 283 g/mol. The zero-order chi connectivity index (χ0) is 14.0. The number of hydrogen-bond donors (Lipinski definition) is 1. The van der Waals surface area contributed by atoms with Crippen molar-refractivity contribution in [3.8, 4) is 11.3 Å². The largest absolute Gasteiger partial charge is 0.439 e. The van der Waals surface area contributed by atoms with Gasteiger partial charge < -0.3 is 9.73 Å². The number of benzene rings is 1. The fraction of sp³-hybridized carbons (Fsp3) is 0.357. The lowest BCUT2D eigenvalue weighted by Crippen LogP contribution is -2.35. The zero-order valence-corrected chi connectivity index (χ0v) is 12.6. The fourth-order valence-electron chi connectivity index (χ4n) is 1.56. The van der Waals surface area contributed by atoms with Crippen molar-refractivity contribution in [2.75, 3.05) is 0 Å². The predicted octanol–water partition coefficient (Wildman–Crippen LogP) is 4.54. The molecule has 0 unspecified atom stereocenters. The van der Waals surface area contributed by atoms with E-state index in [1.165, 1.54) is 0 Å². The monoisotopic (exact) mass is 298 g/mol. The molecular formula is C14H16Cl2N2O. The number of nitrogens with zero attached hydrogens (tertiary/aromatic N) is 1. The number of rotatable bonds is 3. The molecule has 0 atom stereocenters. The van der Waals surface area contributed by atoms with Crippen molar-refractivity contribution in [2.24, 2.45) is 0 Å². The normalized spacial score (nSPS) is 11.8. The van der Waals surface area contributed by atoms with Crippen LogP contribution in [0, 0.1) is 0 Å². The van der Waals surface area contributed by atoms with Crippen LogP contribution in [0.25, 0.3) is 11.3 Å². The Morgan fingerprint density at radius 1 is 1.16 bits per heavy atom. The zero-order valence-electron chi connectivity index (χ0n) is 11.1. The van der Waals surface area contributed by atoms with E-state index < -0.39 is 0 Å². The van der Waals surface area contributed by atoms with Gasteiger partial charge >= 0.3 is 0 Å². The molecule has 0 amide bonds. The molecule has 0 aliphatic heterocycles. The van der Waals surface area contributed by atoms with E-state index in [0.717, 1.165) is 5.56 Å². The van der Waals surface area contributed by atoms with Gasteiger partial charge in [0.25, 0.3) is 0 Å². The third-order valence-electron chi connectivity index (χ3n) is 2.47. The molecule has 0 aliphatic carbocycles. The summed E-state index contributed by atoms with van der Waals surface area (Å²) in [6, 6.07) is 5.29. The van der Waals surface area contributed by atoms with Gasteiger partial charge in [-0.15, -0.1) is 0 Å². The maximum Gasteiger partial charge on any atom is 0.208 e. The first-order valence-electron chi connectivity index (χ1n) is 6.00. The molecule has 5 heteroatoms. The van der Waals surface area contributed by atoms with Gasteiger partial charge in [-0.2, -0.15) is 0 Å². The maximum absolute atomic E-state index is 5.97. The smallest absolute Gasteiger partial charge is 0.208 e. The summed E-state index contributed by atoms with van der Waals surface area (Å²) in [7, 11) is 0. The van der Waals surface area contributed by atoms with Crippen molar-refractivity contribution in [3.63, 3.8) is 0 Å². The summed E-state index contributed by atoms with van der Waals surface area (Å²) in [5, 5.41) is 4.47. The minimum Gasteiger partial charge on any atom is -0.439 e. The Hall–Kier alpha value is -1.03. The number of aromatic nitrogens is 1. The minimum absolute atomic E-state index is 0.0218. The van der Waals surface area contributed by atoms with E-state index >= 15 is 0 Å². The van der Waals surface area contributed by atoms with Crippen LogP contribution in [0.15, 0.2) is 28.8 Å². The van der Waals surface area contributed by atoms with Gasteiger partial charge in [0, 0.05) is 21.1 Å². The number of nitrogens with one attached hydrogen (secondary N) is 1. The summed E-state index contributed by atoms with van der Waals surface area (Å²) in [4.78, 5) is 4.24. The van der Waals surface area contributed by atoms with Crippen LogP contribution in [-0.4, -0.2) is 10.5 Å². The molecule has 1 heterocycles. The van der Waals surface area contributed by atoms with E-state index in [0.29, 0.717) is 28.2 Å². The highest BCUT2D eigenvalue weighted by Gasteiger charge is 2.12. The van der Waals surface area contributed by atoms with E-state index in [2.05, 4.69) is 31.1 Å². The highest BCUT2D eigenvalue weighted by molar-refractivity contribution is 6.35. The van der Waals surface area contributed by atoms with Crippen LogP contribution in [-0.2, 0) is 6.54 Å².